The van der Waals surface area contributed by atoms with Gasteiger partial charge in [0.05, 0.1) is 11.9 Å². The lowest BCUT2D eigenvalue weighted by Crippen LogP contribution is -2.28. The van der Waals surface area contributed by atoms with Gasteiger partial charge in [0.1, 0.15) is 0 Å². The normalized spacial score (nSPS) is 30.3. The van der Waals surface area contributed by atoms with Crippen LogP contribution in [0.25, 0.3) is 0 Å². The Kier molecular flexibility index (Phi) is 3.73. The smallest absolute Gasteiger partial charge is 0.151 e. The van der Waals surface area contributed by atoms with Crippen molar-refractivity contribution < 1.29 is 13.2 Å². The number of sulfone groups is 1. The van der Waals surface area contributed by atoms with Crippen LogP contribution in [-0.2, 0) is 14.6 Å². The van der Waals surface area contributed by atoms with E-state index in [1.165, 1.54) is 6.26 Å². The summed E-state index contributed by atoms with van der Waals surface area (Å²) in [6.45, 7) is 2.70. The van der Waals surface area contributed by atoms with E-state index in [-0.39, 0.29) is 5.92 Å². The van der Waals surface area contributed by atoms with Gasteiger partial charge in [0.25, 0.3) is 0 Å². The summed E-state index contributed by atoms with van der Waals surface area (Å²) < 4.78 is 29.2. The van der Waals surface area contributed by atoms with Crippen molar-refractivity contribution in [1.29, 1.82) is 0 Å². The first-order valence-electron chi connectivity index (χ1n) is 6.31. The van der Waals surface area contributed by atoms with E-state index in [4.69, 9.17) is 10.5 Å². The molecule has 0 unspecified atom stereocenters. The molecule has 1 fully saturated rings. The van der Waals surface area contributed by atoms with Crippen molar-refractivity contribution in [1.82, 2.24) is 0 Å². The maximum Gasteiger partial charge on any atom is 0.151 e. The molecule has 106 valence electrons. The molecule has 1 saturated carbocycles. The molecular formula is C14H21NO3S. The van der Waals surface area contributed by atoms with Gasteiger partial charge < -0.3 is 10.5 Å². The van der Waals surface area contributed by atoms with Crippen LogP contribution >= 0.6 is 0 Å². The Bertz CT molecular complexity index is 553. The third-order valence-electron chi connectivity index (χ3n) is 4.07. The molecule has 2 N–H and O–H groups in total. The molecule has 0 bridgehead atoms. The lowest BCUT2D eigenvalue weighted by Gasteiger charge is -2.14. The van der Waals surface area contributed by atoms with Crippen LogP contribution < -0.4 is 5.73 Å². The molecule has 1 aromatic carbocycles. The van der Waals surface area contributed by atoms with E-state index in [9.17, 15) is 8.42 Å². The SMILES string of the molecule is COC[C@@]1(CN)[C@H](c2ccc(C)cc2)[C@@H]1S(C)(=O)=O. The molecule has 0 saturated heterocycles. The lowest BCUT2D eigenvalue weighted by molar-refractivity contribution is 0.142. The quantitative estimate of drug-likeness (QED) is 0.878. The highest BCUT2D eigenvalue weighted by atomic mass is 32.2. The van der Waals surface area contributed by atoms with Crippen LogP contribution in [0, 0.1) is 12.3 Å². The second-order valence-corrected chi connectivity index (χ2v) is 7.68. The molecule has 0 amide bonds. The number of hydrogen-bond donors (Lipinski definition) is 1. The summed E-state index contributed by atoms with van der Waals surface area (Å²) in [5.74, 6) is -0.0620. The molecule has 0 heterocycles. The van der Waals surface area contributed by atoms with Crippen molar-refractivity contribution in [3.05, 3.63) is 35.4 Å². The van der Waals surface area contributed by atoms with E-state index < -0.39 is 20.5 Å². The first kappa shape index (κ1) is 14.5. The molecule has 3 atom stereocenters. The van der Waals surface area contributed by atoms with Gasteiger partial charge in [-0.2, -0.15) is 0 Å². The van der Waals surface area contributed by atoms with Crippen molar-refractivity contribution in [3.63, 3.8) is 0 Å². The maximum atomic E-state index is 12.0. The van der Waals surface area contributed by atoms with Crippen LogP contribution in [0.15, 0.2) is 24.3 Å². The van der Waals surface area contributed by atoms with Crippen LogP contribution in [0.2, 0.25) is 0 Å². The summed E-state index contributed by atoms with van der Waals surface area (Å²) in [6.07, 6.45) is 1.28. The highest BCUT2D eigenvalue weighted by Crippen LogP contribution is 2.62. The summed E-state index contributed by atoms with van der Waals surface area (Å²) in [5.41, 5.74) is 7.57. The standard InChI is InChI=1S/C14H21NO3S/c1-10-4-6-11(7-5-10)12-13(19(3,16)17)14(12,8-15)9-18-2/h4-7,12-13H,8-9,15H2,1-3H3/t12-,13+,14+/m1/s1. The molecule has 0 spiro atoms. The van der Waals surface area contributed by atoms with E-state index in [0.717, 1.165) is 11.1 Å². The minimum absolute atomic E-state index is 0.0620. The van der Waals surface area contributed by atoms with Gasteiger partial charge in [-0.05, 0) is 12.5 Å². The molecular weight excluding hydrogens is 262 g/mol. The number of rotatable bonds is 5. The van der Waals surface area contributed by atoms with Gasteiger partial charge in [0.15, 0.2) is 9.84 Å². The molecule has 0 aliphatic heterocycles. The lowest BCUT2D eigenvalue weighted by atomic mass is 9.99. The third-order valence-corrected chi connectivity index (χ3v) is 5.73. The fourth-order valence-corrected chi connectivity index (χ4v) is 5.16. The van der Waals surface area contributed by atoms with Crippen molar-refractivity contribution in [2.75, 3.05) is 26.5 Å². The Labute approximate surface area is 114 Å². The van der Waals surface area contributed by atoms with Crippen LogP contribution in [-0.4, -0.2) is 40.2 Å². The summed E-state index contributed by atoms with van der Waals surface area (Å²) in [4.78, 5) is 0. The zero-order valence-corrected chi connectivity index (χ0v) is 12.4. The number of methoxy groups -OCH3 is 1. The Hall–Kier alpha value is -0.910. The van der Waals surface area contributed by atoms with Gasteiger partial charge in [0, 0.05) is 31.2 Å². The van der Waals surface area contributed by atoms with Crippen LogP contribution in [0.1, 0.15) is 17.0 Å². The van der Waals surface area contributed by atoms with E-state index in [2.05, 4.69) is 0 Å². The number of hydrogen-bond acceptors (Lipinski definition) is 4. The average molecular weight is 283 g/mol. The van der Waals surface area contributed by atoms with E-state index in [0.29, 0.717) is 13.2 Å². The van der Waals surface area contributed by atoms with Gasteiger partial charge in [-0.15, -0.1) is 0 Å². The van der Waals surface area contributed by atoms with E-state index >= 15 is 0 Å². The van der Waals surface area contributed by atoms with Crippen molar-refractivity contribution in [2.45, 2.75) is 18.1 Å². The second-order valence-electron chi connectivity index (χ2n) is 5.51. The topological polar surface area (TPSA) is 69.4 Å². The fourth-order valence-electron chi connectivity index (χ4n) is 3.15. The number of benzene rings is 1. The molecule has 1 aromatic rings. The third kappa shape index (κ3) is 2.42. The van der Waals surface area contributed by atoms with E-state index in [1.807, 2.05) is 31.2 Å². The largest absolute Gasteiger partial charge is 0.384 e. The molecule has 1 aliphatic carbocycles. The predicted octanol–water partition coefficient (Wildman–Crippen LogP) is 1.10. The van der Waals surface area contributed by atoms with Gasteiger partial charge >= 0.3 is 0 Å². The van der Waals surface area contributed by atoms with Crippen LogP contribution in [0.4, 0.5) is 0 Å². The molecule has 4 nitrogen and oxygen atoms in total. The first-order valence-corrected chi connectivity index (χ1v) is 8.26. The van der Waals surface area contributed by atoms with Gasteiger partial charge in [-0.1, -0.05) is 29.8 Å². The van der Waals surface area contributed by atoms with Gasteiger partial charge in [0.2, 0.25) is 0 Å². The average Bonchev–Trinajstić information content (AvgIpc) is 3.00. The van der Waals surface area contributed by atoms with Gasteiger partial charge in [-0.3, -0.25) is 0 Å². The molecule has 2 rings (SSSR count). The van der Waals surface area contributed by atoms with Crippen LogP contribution in [0.5, 0.6) is 0 Å². The number of aryl methyl sites for hydroxylation is 1. The summed E-state index contributed by atoms with van der Waals surface area (Å²) in [7, 11) is -1.55. The zero-order valence-electron chi connectivity index (χ0n) is 11.6. The van der Waals surface area contributed by atoms with Crippen molar-refractivity contribution in [3.8, 4) is 0 Å². The summed E-state index contributed by atoms with van der Waals surface area (Å²) in [5, 5.41) is -0.437. The highest BCUT2D eigenvalue weighted by Gasteiger charge is 2.69. The van der Waals surface area contributed by atoms with E-state index in [1.54, 1.807) is 7.11 Å². The Morgan fingerprint density at radius 3 is 2.32 bits per heavy atom. The monoisotopic (exact) mass is 283 g/mol. The molecule has 0 aromatic heterocycles. The van der Waals surface area contributed by atoms with Crippen LogP contribution in [0.3, 0.4) is 0 Å². The zero-order chi connectivity index (χ0) is 14.3. The molecule has 1 aliphatic rings. The number of nitrogens with two attached hydrogens (primary N) is 1. The minimum atomic E-state index is -3.14. The first-order chi connectivity index (χ1) is 8.86. The van der Waals surface area contributed by atoms with Gasteiger partial charge in [-0.25, -0.2) is 8.42 Å². The summed E-state index contributed by atoms with van der Waals surface area (Å²) >= 11 is 0. The maximum absolute atomic E-state index is 12.0. The van der Waals surface area contributed by atoms with Crippen molar-refractivity contribution in [2.24, 2.45) is 11.1 Å². The predicted molar refractivity (Wildman–Crippen MR) is 75.9 cm³/mol. The van der Waals surface area contributed by atoms with Crippen molar-refractivity contribution >= 4 is 9.84 Å². The highest BCUT2D eigenvalue weighted by molar-refractivity contribution is 7.91. The number of ether oxygens (including phenoxy) is 1. The summed E-state index contributed by atoms with van der Waals surface area (Å²) in [6, 6.07) is 7.98. The fraction of sp³-hybridized carbons (Fsp3) is 0.571. The molecule has 19 heavy (non-hydrogen) atoms. The Morgan fingerprint density at radius 1 is 1.32 bits per heavy atom. The minimum Gasteiger partial charge on any atom is -0.384 e. The molecule has 0 radical (unpaired) electrons. The Balaban J connectivity index is 2.40. The molecule has 5 heteroatoms. The second kappa shape index (κ2) is 4.89. The Morgan fingerprint density at radius 2 is 1.89 bits per heavy atom.